The number of likely N-dealkylation sites (tertiary alicyclic amines) is 1. The number of amides is 1. The van der Waals surface area contributed by atoms with Crippen molar-refractivity contribution in [2.24, 2.45) is 17.1 Å². The molecule has 1 aliphatic heterocycles. The summed E-state index contributed by atoms with van der Waals surface area (Å²) in [7, 11) is 0. The number of nitrogens with two attached hydrogens (primary N) is 1. The van der Waals surface area contributed by atoms with E-state index in [9.17, 15) is 14.7 Å². The van der Waals surface area contributed by atoms with Crippen molar-refractivity contribution in [3.8, 4) is 0 Å². The number of rotatable bonds is 5. The van der Waals surface area contributed by atoms with E-state index in [0.717, 1.165) is 12.8 Å². The van der Waals surface area contributed by atoms with Crippen LogP contribution in [-0.2, 0) is 9.59 Å². The summed E-state index contributed by atoms with van der Waals surface area (Å²) in [5.41, 5.74) is 4.64. The molecule has 19 heavy (non-hydrogen) atoms. The maximum Gasteiger partial charge on any atom is 0.319 e. The summed E-state index contributed by atoms with van der Waals surface area (Å²) in [6.07, 6.45) is 2.58. The Morgan fingerprint density at radius 2 is 2.00 bits per heavy atom. The predicted octanol–water partition coefficient (Wildman–Crippen LogP) is 1.46. The molecule has 1 fully saturated rings. The van der Waals surface area contributed by atoms with E-state index in [0.29, 0.717) is 25.9 Å². The van der Waals surface area contributed by atoms with Crippen LogP contribution >= 0.6 is 0 Å². The van der Waals surface area contributed by atoms with E-state index in [1.165, 1.54) is 0 Å². The van der Waals surface area contributed by atoms with Crippen molar-refractivity contribution >= 4 is 11.9 Å². The third-order valence-electron chi connectivity index (χ3n) is 4.51. The maximum atomic E-state index is 12.6. The van der Waals surface area contributed by atoms with Gasteiger partial charge < -0.3 is 15.7 Å². The quantitative estimate of drug-likeness (QED) is 0.741. The minimum Gasteiger partial charge on any atom is -0.480 e. The van der Waals surface area contributed by atoms with Crippen molar-refractivity contribution < 1.29 is 14.7 Å². The Kier molecular flexibility index (Phi) is 5.35. The molecule has 2 unspecified atom stereocenters. The highest BCUT2D eigenvalue weighted by Gasteiger charge is 2.46. The first-order valence-electron chi connectivity index (χ1n) is 7.17. The second-order valence-corrected chi connectivity index (χ2v) is 5.61. The van der Waals surface area contributed by atoms with E-state index in [1.807, 2.05) is 6.92 Å². The van der Waals surface area contributed by atoms with Crippen molar-refractivity contribution in [1.29, 1.82) is 0 Å². The summed E-state index contributed by atoms with van der Waals surface area (Å²) < 4.78 is 0. The Morgan fingerprint density at radius 3 is 2.42 bits per heavy atom. The molecule has 0 spiro atoms. The molecule has 5 nitrogen and oxygen atoms in total. The Hall–Kier alpha value is -1.10. The molecule has 0 aromatic rings. The lowest BCUT2D eigenvalue weighted by atomic mass is 9.79. The average molecular weight is 270 g/mol. The van der Waals surface area contributed by atoms with Crippen LogP contribution in [0.25, 0.3) is 0 Å². The van der Waals surface area contributed by atoms with Gasteiger partial charge in [-0.1, -0.05) is 13.8 Å². The topological polar surface area (TPSA) is 83.6 Å². The zero-order valence-corrected chi connectivity index (χ0v) is 12.2. The van der Waals surface area contributed by atoms with Crippen molar-refractivity contribution in [3.05, 3.63) is 0 Å². The average Bonchev–Trinajstić information content (AvgIpc) is 2.40. The molecule has 1 saturated heterocycles. The first-order chi connectivity index (χ1) is 8.89. The Morgan fingerprint density at radius 1 is 1.42 bits per heavy atom. The minimum absolute atomic E-state index is 0.0399. The van der Waals surface area contributed by atoms with Gasteiger partial charge in [-0.15, -0.1) is 0 Å². The van der Waals surface area contributed by atoms with Crippen molar-refractivity contribution in [1.82, 2.24) is 4.90 Å². The van der Waals surface area contributed by atoms with Gasteiger partial charge in [0, 0.05) is 19.1 Å². The number of carbonyl (C=O) groups excluding carboxylic acids is 1. The second kappa shape index (κ2) is 6.37. The zero-order valence-electron chi connectivity index (χ0n) is 12.2. The summed E-state index contributed by atoms with van der Waals surface area (Å²) in [5.74, 6) is -0.973. The lowest BCUT2D eigenvalue weighted by molar-refractivity contribution is -0.162. The summed E-state index contributed by atoms with van der Waals surface area (Å²) in [5, 5.41) is 9.43. The molecule has 3 N–H and O–H groups in total. The van der Waals surface area contributed by atoms with E-state index in [2.05, 4.69) is 0 Å². The Balaban J connectivity index is 2.88. The lowest BCUT2D eigenvalue weighted by Crippen LogP contribution is -2.53. The van der Waals surface area contributed by atoms with Crippen LogP contribution in [0.3, 0.4) is 0 Å². The van der Waals surface area contributed by atoms with E-state index >= 15 is 0 Å². The summed E-state index contributed by atoms with van der Waals surface area (Å²) in [6.45, 7) is 6.72. The molecule has 110 valence electrons. The van der Waals surface area contributed by atoms with Gasteiger partial charge >= 0.3 is 5.97 Å². The number of carbonyl (C=O) groups is 2. The zero-order chi connectivity index (χ0) is 14.6. The van der Waals surface area contributed by atoms with Crippen molar-refractivity contribution in [2.75, 3.05) is 13.1 Å². The Labute approximate surface area is 115 Å². The molecule has 5 heteroatoms. The highest BCUT2D eigenvalue weighted by molar-refractivity contribution is 6.01. The molecule has 1 amide bonds. The molecule has 0 aromatic carbocycles. The number of hydrogen-bond acceptors (Lipinski definition) is 3. The standard InChI is InChI=1S/C14H26N2O3/c1-4-14(5-2,13(18)19)12(17)16-8-6-7-11(9-16)10(3)15/h10-11H,4-9,15H2,1-3H3,(H,18,19). The third kappa shape index (κ3) is 3.08. The van der Waals surface area contributed by atoms with Gasteiger partial charge in [0.1, 0.15) is 5.41 Å². The van der Waals surface area contributed by atoms with Crippen LogP contribution in [0.5, 0.6) is 0 Å². The molecule has 2 atom stereocenters. The van der Waals surface area contributed by atoms with Crippen LogP contribution in [0.1, 0.15) is 46.5 Å². The van der Waals surface area contributed by atoms with Crippen molar-refractivity contribution in [2.45, 2.75) is 52.5 Å². The predicted molar refractivity (Wildman–Crippen MR) is 73.6 cm³/mol. The van der Waals surface area contributed by atoms with Gasteiger partial charge in [-0.05, 0) is 38.5 Å². The fourth-order valence-electron chi connectivity index (χ4n) is 2.87. The van der Waals surface area contributed by atoms with Crippen LogP contribution < -0.4 is 5.73 Å². The van der Waals surface area contributed by atoms with Gasteiger partial charge in [0.05, 0.1) is 0 Å². The SMILES string of the molecule is CCC(CC)(C(=O)O)C(=O)N1CCCC(C(C)N)C1. The molecule has 0 saturated carbocycles. The number of piperidine rings is 1. The number of nitrogens with zero attached hydrogens (tertiary/aromatic N) is 1. The molecular weight excluding hydrogens is 244 g/mol. The molecule has 0 aliphatic carbocycles. The van der Waals surface area contributed by atoms with Gasteiger partial charge in [0.15, 0.2) is 0 Å². The second-order valence-electron chi connectivity index (χ2n) is 5.61. The fourth-order valence-corrected chi connectivity index (χ4v) is 2.87. The molecule has 1 heterocycles. The maximum absolute atomic E-state index is 12.6. The van der Waals surface area contributed by atoms with Gasteiger partial charge in [-0.2, -0.15) is 0 Å². The largest absolute Gasteiger partial charge is 0.480 e. The van der Waals surface area contributed by atoms with Gasteiger partial charge in [-0.25, -0.2) is 0 Å². The fraction of sp³-hybridized carbons (Fsp3) is 0.857. The molecular formula is C14H26N2O3. The Bertz CT molecular complexity index is 338. The van der Waals surface area contributed by atoms with Crippen LogP contribution in [0.2, 0.25) is 0 Å². The van der Waals surface area contributed by atoms with E-state index in [-0.39, 0.29) is 17.9 Å². The van der Waals surface area contributed by atoms with Gasteiger partial charge in [-0.3, -0.25) is 9.59 Å². The number of carboxylic acids is 1. The molecule has 1 aliphatic rings. The molecule has 0 bridgehead atoms. The summed E-state index contributed by atoms with van der Waals surface area (Å²) >= 11 is 0. The van der Waals surface area contributed by atoms with Gasteiger partial charge in [0.2, 0.25) is 5.91 Å². The number of hydrogen-bond donors (Lipinski definition) is 2. The molecule has 1 rings (SSSR count). The van der Waals surface area contributed by atoms with E-state index in [4.69, 9.17) is 5.73 Å². The lowest BCUT2D eigenvalue weighted by Gasteiger charge is -2.39. The highest BCUT2D eigenvalue weighted by Crippen LogP contribution is 2.31. The third-order valence-corrected chi connectivity index (χ3v) is 4.51. The molecule has 0 radical (unpaired) electrons. The van der Waals surface area contributed by atoms with E-state index in [1.54, 1.807) is 18.7 Å². The van der Waals surface area contributed by atoms with Gasteiger partial charge in [0.25, 0.3) is 0 Å². The normalized spacial score (nSPS) is 22.1. The molecule has 0 aromatic heterocycles. The summed E-state index contributed by atoms with van der Waals surface area (Å²) in [4.78, 5) is 25.8. The van der Waals surface area contributed by atoms with Crippen LogP contribution in [0.15, 0.2) is 0 Å². The first-order valence-corrected chi connectivity index (χ1v) is 7.17. The van der Waals surface area contributed by atoms with Crippen LogP contribution in [0, 0.1) is 11.3 Å². The number of aliphatic carboxylic acids is 1. The minimum atomic E-state index is -1.26. The van der Waals surface area contributed by atoms with Crippen molar-refractivity contribution in [3.63, 3.8) is 0 Å². The first kappa shape index (κ1) is 16.0. The van der Waals surface area contributed by atoms with E-state index < -0.39 is 11.4 Å². The summed E-state index contributed by atoms with van der Waals surface area (Å²) in [6, 6.07) is 0.0399. The van der Waals surface area contributed by atoms with Crippen LogP contribution in [-0.4, -0.2) is 41.0 Å². The van der Waals surface area contributed by atoms with Crippen LogP contribution in [0.4, 0.5) is 0 Å². The number of carboxylic acid groups (broad SMARTS) is 1. The highest BCUT2D eigenvalue weighted by atomic mass is 16.4. The smallest absolute Gasteiger partial charge is 0.319 e. The monoisotopic (exact) mass is 270 g/mol.